The summed E-state index contributed by atoms with van der Waals surface area (Å²) in [6.45, 7) is 0. The van der Waals surface area contributed by atoms with Crippen LogP contribution >= 0.6 is 0 Å². The molecule has 0 aliphatic heterocycles. The summed E-state index contributed by atoms with van der Waals surface area (Å²) in [5.74, 6) is -0.707. The van der Waals surface area contributed by atoms with E-state index in [9.17, 15) is 15.0 Å². The van der Waals surface area contributed by atoms with E-state index in [0.29, 0.717) is 12.0 Å². The van der Waals surface area contributed by atoms with Crippen LogP contribution in [0.2, 0.25) is 0 Å². The Morgan fingerprint density at radius 3 is 2.94 bits per heavy atom. The maximum Gasteiger partial charge on any atom is 0.176 e. The van der Waals surface area contributed by atoms with Gasteiger partial charge in [0.25, 0.3) is 0 Å². The van der Waals surface area contributed by atoms with Gasteiger partial charge in [-0.25, -0.2) is 0 Å². The van der Waals surface area contributed by atoms with Crippen molar-refractivity contribution in [2.45, 2.75) is 12.5 Å². The van der Waals surface area contributed by atoms with Crippen molar-refractivity contribution < 1.29 is 15.0 Å². The number of Topliss-reactive ketones (excluding diaryl/α,β-unsaturated/α-hetero) is 1. The molecule has 3 rings (SSSR count). The molecular formula is C14H12O3. The average Bonchev–Trinajstić information content (AvgIpc) is 2.28. The number of benzene rings is 1. The molecule has 3 nitrogen and oxygen atoms in total. The lowest BCUT2D eigenvalue weighted by molar-refractivity contribution is 0.0808. The minimum Gasteiger partial charge on any atom is -0.507 e. The number of fused-ring (bicyclic) bond motifs is 2. The number of phenols is 1. The molecule has 0 saturated heterocycles. The van der Waals surface area contributed by atoms with E-state index in [1.807, 2.05) is 12.1 Å². The van der Waals surface area contributed by atoms with E-state index in [2.05, 4.69) is 0 Å². The second kappa shape index (κ2) is 3.57. The molecule has 0 aromatic heterocycles. The zero-order valence-corrected chi connectivity index (χ0v) is 9.13. The summed E-state index contributed by atoms with van der Waals surface area (Å²) in [4.78, 5) is 12.3. The minimum absolute atomic E-state index is 0.00769. The molecule has 0 radical (unpaired) electrons. The standard InChI is InChI=1S/C14H12O3/c15-10-5-1-3-8-7-9-4-2-6-11(16)13(9)14(17)12(8)10/h1-6,10,12,15-16H,7H2. The molecule has 2 atom stereocenters. The summed E-state index contributed by atoms with van der Waals surface area (Å²) in [5.41, 5.74) is 2.12. The Morgan fingerprint density at radius 1 is 1.29 bits per heavy atom. The van der Waals surface area contributed by atoms with Crippen LogP contribution in [-0.2, 0) is 6.42 Å². The highest BCUT2D eigenvalue weighted by molar-refractivity contribution is 6.05. The van der Waals surface area contributed by atoms with Crippen LogP contribution in [0.25, 0.3) is 0 Å². The number of carbonyl (C=O) groups excluding carboxylic acids is 1. The number of hydrogen-bond acceptors (Lipinski definition) is 3. The largest absolute Gasteiger partial charge is 0.507 e. The molecule has 1 aromatic carbocycles. The fourth-order valence-electron chi connectivity index (χ4n) is 2.61. The monoisotopic (exact) mass is 228 g/mol. The Kier molecular flexibility index (Phi) is 2.16. The van der Waals surface area contributed by atoms with Gasteiger partial charge < -0.3 is 10.2 Å². The number of aromatic hydroxyl groups is 1. The van der Waals surface area contributed by atoms with E-state index in [1.54, 1.807) is 18.2 Å². The zero-order valence-electron chi connectivity index (χ0n) is 9.13. The fourth-order valence-corrected chi connectivity index (χ4v) is 2.61. The number of phenolic OH excluding ortho intramolecular Hbond substituents is 1. The van der Waals surface area contributed by atoms with Gasteiger partial charge in [-0.3, -0.25) is 4.79 Å². The Bertz CT molecular complexity index is 555. The highest BCUT2D eigenvalue weighted by Crippen LogP contribution is 2.37. The van der Waals surface area contributed by atoms with Gasteiger partial charge in [0.15, 0.2) is 5.78 Å². The quantitative estimate of drug-likeness (QED) is 0.709. The van der Waals surface area contributed by atoms with Crippen molar-refractivity contribution in [3.63, 3.8) is 0 Å². The van der Waals surface area contributed by atoms with Crippen LogP contribution in [0.5, 0.6) is 5.75 Å². The van der Waals surface area contributed by atoms with E-state index < -0.39 is 12.0 Å². The highest BCUT2D eigenvalue weighted by atomic mass is 16.3. The number of carbonyl (C=O) groups is 1. The van der Waals surface area contributed by atoms with E-state index in [0.717, 1.165) is 11.1 Å². The van der Waals surface area contributed by atoms with Crippen molar-refractivity contribution in [1.82, 2.24) is 0 Å². The summed E-state index contributed by atoms with van der Waals surface area (Å²) in [6, 6.07) is 5.09. The SMILES string of the molecule is O=C1c2c(O)cccc2CC2=CC=CC(O)C12. The molecule has 1 aromatic rings. The second-order valence-electron chi connectivity index (χ2n) is 4.45. The number of ketones is 1. The van der Waals surface area contributed by atoms with Gasteiger partial charge in [0.05, 0.1) is 17.6 Å². The van der Waals surface area contributed by atoms with Crippen molar-refractivity contribution >= 4 is 5.78 Å². The molecule has 86 valence electrons. The first-order valence-electron chi connectivity index (χ1n) is 5.59. The Morgan fingerprint density at radius 2 is 2.12 bits per heavy atom. The third-order valence-electron chi connectivity index (χ3n) is 3.41. The van der Waals surface area contributed by atoms with Gasteiger partial charge in [0.2, 0.25) is 0 Å². The first-order chi connectivity index (χ1) is 8.18. The maximum atomic E-state index is 12.3. The number of rotatable bonds is 0. The predicted octanol–water partition coefficient (Wildman–Crippen LogP) is 1.60. The maximum absolute atomic E-state index is 12.3. The highest BCUT2D eigenvalue weighted by Gasteiger charge is 2.37. The van der Waals surface area contributed by atoms with Gasteiger partial charge in [-0.15, -0.1) is 0 Å². The van der Waals surface area contributed by atoms with Crippen LogP contribution in [0.15, 0.2) is 42.0 Å². The number of aliphatic hydroxyl groups excluding tert-OH is 1. The Balaban J connectivity index is 2.18. The number of aliphatic hydroxyl groups is 1. The molecule has 3 heteroatoms. The minimum atomic E-state index is -0.782. The van der Waals surface area contributed by atoms with E-state index in [-0.39, 0.29) is 11.5 Å². The van der Waals surface area contributed by atoms with E-state index >= 15 is 0 Å². The summed E-state index contributed by atoms with van der Waals surface area (Å²) >= 11 is 0. The van der Waals surface area contributed by atoms with Crippen LogP contribution < -0.4 is 0 Å². The van der Waals surface area contributed by atoms with Gasteiger partial charge >= 0.3 is 0 Å². The van der Waals surface area contributed by atoms with Gasteiger partial charge in [0, 0.05) is 0 Å². The Labute approximate surface area is 98.7 Å². The molecule has 0 saturated carbocycles. The van der Waals surface area contributed by atoms with Crippen LogP contribution in [0.4, 0.5) is 0 Å². The van der Waals surface area contributed by atoms with Crippen LogP contribution in [0, 0.1) is 5.92 Å². The summed E-state index contributed by atoms with van der Waals surface area (Å²) in [7, 11) is 0. The lowest BCUT2D eigenvalue weighted by Gasteiger charge is -2.30. The van der Waals surface area contributed by atoms with Gasteiger partial charge in [-0.05, 0) is 18.1 Å². The van der Waals surface area contributed by atoms with Crippen molar-refractivity contribution in [1.29, 1.82) is 0 Å². The number of allylic oxidation sites excluding steroid dienone is 2. The molecule has 2 aliphatic carbocycles. The van der Waals surface area contributed by atoms with E-state index in [1.165, 1.54) is 6.07 Å². The lowest BCUT2D eigenvalue weighted by atomic mass is 9.74. The molecule has 0 spiro atoms. The first kappa shape index (κ1) is 10.3. The van der Waals surface area contributed by atoms with Crippen LogP contribution in [-0.4, -0.2) is 22.1 Å². The average molecular weight is 228 g/mol. The van der Waals surface area contributed by atoms with Gasteiger partial charge in [-0.2, -0.15) is 0 Å². The molecule has 2 aliphatic rings. The second-order valence-corrected chi connectivity index (χ2v) is 4.45. The normalized spacial score (nSPS) is 26.2. The summed E-state index contributed by atoms with van der Waals surface area (Å²) in [6.07, 6.45) is 5.09. The lowest BCUT2D eigenvalue weighted by Crippen LogP contribution is -2.35. The molecule has 2 N–H and O–H groups in total. The van der Waals surface area contributed by atoms with Crippen molar-refractivity contribution in [2.24, 2.45) is 5.92 Å². The molecule has 0 bridgehead atoms. The van der Waals surface area contributed by atoms with Crippen LogP contribution in [0.3, 0.4) is 0 Å². The molecular weight excluding hydrogens is 216 g/mol. The Hall–Kier alpha value is -1.87. The number of hydrogen-bond donors (Lipinski definition) is 2. The molecule has 17 heavy (non-hydrogen) atoms. The van der Waals surface area contributed by atoms with E-state index in [4.69, 9.17) is 0 Å². The topological polar surface area (TPSA) is 57.5 Å². The molecule has 0 fully saturated rings. The third-order valence-corrected chi connectivity index (χ3v) is 3.41. The molecule has 0 heterocycles. The first-order valence-corrected chi connectivity index (χ1v) is 5.59. The molecule has 0 amide bonds. The summed E-state index contributed by atoms with van der Waals surface area (Å²) in [5, 5.41) is 19.6. The zero-order chi connectivity index (χ0) is 12.0. The van der Waals surface area contributed by atoms with Crippen molar-refractivity contribution in [2.75, 3.05) is 0 Å². The van der Waals surface area contributed by atoms with Crippen molar-refractivity contribution in [3.8, 4) is 5.75 Å². The van der Waals surface area contributed by atoms with Crippen molar-refractivity contribution in [3.05, 3.63) is 53.1 Å². The molecule has 2 unspecified atom stereocenters. The van der Waals surface area contributed by atoms with Crippen LogP contribution in [0.1, 0.15) is 15.9 Å². The third kappa shape index (κ3) is 1.43. The summed E-state index contributed by atoms with van der Waals surface area (Å²) < 4.78 is 0. The smallest absolute Gasteiger partial charge is 0.176 e. The van der Waals surface area contributed by atoms with Gasteiger partial charge in [0.1, 0.15) is 5.75 Å². The predicted molar refractivity (Wildman–Crippen MR) is 62.9 cm³/mol. The van der Waals surface area contributed by atoms with Gasteiger partial charge in [-0.1, -0.05) is 35.9 Å². The fraction of sp³-hybridized carbons (Fsp3) is 0.214.